The third-order valence-electron chi connectivity index (χ3n) is 3.35. The van der Waals surface area contributed by atoms with E-state index in [9.17, 15) is 0 Å². The first-order chi connectivity index (χ1) is 9.10. The third-order valence-corrected chi connectivity index (χ3v) is 3.35. The number of hydrogen-bond donors (Lipinski definition) is 1. The second-order valence-corrected chi connectivity index (χ2v) is 5.47. The van der Waals surface area contributed by atoms with Gasteiger partial charge in [0.2, 0.25) is 6.79 Å². The van der Waals surface area contributed by atoms with Gasteiger partial charge in [0.25, 0.3) is 0 Å². The van der Waals surface area contributed by atoms with Crippen molar-refractivity contribution in [1.29, 1.82) is 0 Å². The third kappa shape index (κ3) is 3.61. The Kier molecular flexibility index (Phi) is 4.66. The van der Waals surface area contributed by atoms with Crippen LogP contribution in [0.15, 0.2) is 18.2 Å². The predicted molar refractivity (Wildman–Crippen MR) is 76.4 cm³/mol. The average Bonchev–Trinajstić information content (AvgIpc) is 2.84. The van der Waals surface area contributed by atoms with E-state index < -0.39 is 0 Å². The average molecular weight is 264 g/mol. The number of benzene rings is 1. The Labute approximate surface area is 115 Å². The molecule has 0 aliphatic carbocycles. The molecule has 1 aromatic rings. The Bertz CT molecular complexity index is 421. The molecule has 4 nitrogen and oxygen atoms in total. The number of nitrogens with two attached hydrogens (primary N) is 1. The number of rotatable bonds is 6. The molecule has 1 unspecified atom stereocenters. The predicted octanol–water partition coefficient (Wildman–Crippen LogP) is 2.39. The van der Waals surface area contributed by atoms with E-state index in [0.29, 0.717) is 12.7 Å². The maximum absolute atomic E-state index is 6.30. The highest BCUT2D eigenvalue weighted by molar-refractivity contribution is 5.45. The minimum absolute atomic E-state index is 0.00759. The van der Waals surface area contributed by atoms with E-state index in [1.54, 1.807) is 0 Å². The molecule has 1 aliphatic heterocycles. The van der Waals surface area contributed by atoms with Gasteiger partial charge in [0.05, 0.1) is 0 Å². The maximum Gasteiger partial charge on any atom is 0.231 e. The van der Waals surface area contributed by atoms with Crippen molar-refractivity contribution >= 4 is 0 Å². The molecule has 1 aliphatic rings. The molecule has 0 aromatic heterocycles. The van der Waals surface area contributed by atoms with Gasteiger partial charge >= 0.3 is 0 Å². The molecule has 0 amide bonds. The van der Waals surface area contributed by atoms with Crippen LogP contribution in [-0.2, 0) is 0 Å². The molecule has 1 heterocycles. The Morgan fingerprint density at radius 3 is 2.63 bits per heavy atom. The van der Waals surface area contributed by atoms with Crippen LogP contribution in [0.2, 0.25) is 0 Å². The largest absolute Gasteiger partial charge is 0.454 e. The Morgan fingerprint density at radius 2 is 1.95 bits per heavy atom. The van der Waals surface area contributed by atoms with Crippen LogP contribution < -0.4 is 15.2 Å². The van der Waals surface area contributed by atoms with Crippen molar-refractivity contribution < 1.29 is 9.47 Å². The first-order valence-corrected chi connectivity index (χ1v) is 6.97. The summed E-state index contributed by atoms with van der Waals surface area (Å²) in [6.45, 7) is 9.92. The van der Waals surface area contributed by atoms with Crippen molar-refractivity contribution in [3.05, 3.63) is 23.8 Å². The SMILES string of the molecule is CCN(CC(C)C)CC(N)c1ccc2c(c1)OCO2. The van der Waals surface area contributed by atoms with Crippen molar-refractivity contribution in [3.63, 3.8) is 0 Å². The fourth-order valence-electron chi connectivity index (χ4n) is 2.38. The van der Waals surface area contributed by atoms with E-state index in [1.165, 1.54) is 0 Å². The van der Waals surface area contributed by atoms with Crippen molar-refractivity contribution in [2.45, 2.75) is 26.8 Å². The molecule has 0 fully saturated rings. The summed E-state index contributed by atoms with van der Waals surface area (Å²) in [6.07, 6.45) is 0. The van der Waals surface area contributed by atoms with Gasteiger partial charge in [0, 0.05) is 19.1 Å². The first-order valence-electron chi connectivity index (χ1n) is 6.97. The highest BCUT2D eigenvalue weighted by Crippen LogP contribution is 2.33. The van der Waals surface area contributed by atoms with E-state index in [1.807, 2.05) is 18.2 Å². The van der Waals surface area contributed by atoms with Gasteiger partial charge in [-0.1, -0.05) is 26.8 Å². The molecule has 106 valence electrons. The highest BCUT2D eigenvalue weighted by atomic mass is 16.7. The van der Waals surface area contributed by atoms with E-state index >= 15 is 0 Å². The standard InChI is InChI=1S/C15H24N2O2/c1-4-17(8-11(2)3)9-13(16)12-5-6-14-15(7-12)19-10-18-14/h5-7,11,13H,4,8-10,16H2,1-3H3. The van der Waals surface area contributed by atoms with Crippen molar-refractivity contribution in [1.82, 2.24) is 4.90 Å². The molecule has 1 atom stereocenters. The second-order valence-electron chi connectivity index (χ2n) is 5.47. The van der Waals surface area contributed by atoms with Gasteiger partial charge in [0.15, 0.2) is 11.5 Å². The fourth-order valence-corrected chi connectivity index (χ4v) is 2.38. The lowest BCUT2D eigenvalue weighted by Crippen LogP contribution is -2.34. The molecule has 0 bridgehead atoms. The van der Waals surface area contributed by atoms with Gasteiger partial charge < -0.3 is 20.1 Å². The minimum Gasteiger partial charge on any atom is -0.454 e. The minimum atomic E-state index is 0.00759. The summed E-state index contributed by atoms with van der Waals surface area (Å²) in [6, 6.07) is 5.97. The molecule has 1 aromatic carbocycles. The lowest BCUT2D eigenvalue weighted by atomic mass is 10.1. The lowest BCUT2D eigenvalue weighted by molar-refractivity contribution is 0.174. The van der Waals surface area contributed by atoms with Crippen LogP contribution in [0.5, 0.6) is 11.5 Å². The summed E-state index contributed by atoms with van der Waals surface area (Å²) in [4.78, 5) is 2.39. The Morgan fingerprint density at radius 1 is 1.21 bits per heavy atom. The summed E-state index contributed by atoms with van der Waals surface area (Å²) < 4.78 is 10.7. The molecule has 2 N–H and O–H groups in total. The molecule has 4 heteroatoms. The summed E-state index contributed by atoms with van der Waals surface area (Å²) in [7, 11) is 0. The van der Waals surface area contributed by atoms with Crippen molar-refractivity contribution in [3.8, 4) is 11.5 Å². The topological polar surface area (TPSA) is 47.7 Å². The van der Waals surface area contributed by atoms with Gasteiger partial charge in [-0.15, -0.1) is 0 Å². The lowest BCUT2D eigenvalue weighted by Gasteiger charge is -2.26. The number of fused-ring (bicyclic) bond motifs is 1. The number of nitrogens with zero attached hydrogens (tertiary/aromatic N) is 1. The number of likely N-dealkylation sites (N-methyl/N-ethyl adjacent to an activating group) is 1. The molecule has 2 rings (SSSR count). The highest BCUT2D eigenvalue weighted by Gasteiger charge is 2.17. The number of hydrogen-bond acceptors (Lipinski definition) is 4. The fraction of sp³-hybridized carbons (Fsp3) is 0.600. The smallest absolute Gasteiger partial charge is 0.231 e. The zero-order chi connectivity index (χ0) is 13.8. The summed E-state index contributed by atoms with van der Waals surface area (Å²) in [5.41, 5.74) is 7.41. The molecule has 0 radical (unpaired) electrons. The summed E-state index contributed by atoms with van der Waals surface area (Å²) in [5.74, 6) is 2.27. The monoisotopic (exact) mass is 264 g/mol. The van der Waals surface area contributed by atoms with Crippen molar-refractivity contribution in [2.75, 3.05) is 26.4 Å². The van der Waals surface area contributed by atoms with Crippen LogP contribution in [0, 0.1) is 5.92 Å². The molecule has 19 heavy (non-hydrogen) atoms. The Hall–Kier alpha value is -1.26. The molecular weight excluding hydrogens is 240 g/mol. The molecular formula is C15H24N2O2. The van der Waals surface area contributed by atoms with Crippen molar-refractivity contribution in [2.24, 2.45) is 11.7 Å². The summed E-state index contributed by atoms with van der Waals surface area (Å²) in [5, 5.41) is 0. The number of ether oxygens (including phenoxy) is 2. The van der Waals surface area contributed by atoms with Gasteiger partial charge in [-0.2, -0.15) is 0 Å². The van der Waals surface area contributed by atoms with Gasteiger partial charge in [0.1, 0.15) is 0 Å². The van der Waals surface area contributed by atoms with Gasteiger partial charge in [-0.25, -0.2) is 0 Å². The van der Waals surface area contributed by atoms with E-state index in [-0.39, 0.29) is 6.04 Å². The van der Waals surface area contributed by atoms with E-state index in [4.69, 9.17) is 15.2 Å². The molecule has 0 saturated heterocycles. The normalized spacial score (nSPS) is 15.3. The molecule has 0 spiro atoms. The van der Waals surface area contributed by atoms with Crippen LogP contribution in [-0.4, -0.2) is 31.3 Å². The first kappa shape index (κ1) is 14.2. The van der Waals surface area contributed by atoms with E-state index in [2.05, 4.69) is 25.7 Å². The second kappa shape index (κ2) is 6.26. The van der Waals surface area contributed by atoms with Crippen LogP contribution in [0.4, 0.5) is 0 Å². The van der Waals surface area contributed by atoms with Crippen LogP contribution >= 0.6 is 0 Å². The Balaban J connectivity index is 2.00. The summed E-state index contributed by atoms with van der Waals surface area (Å²) >= 11 is 0. The van der Waals surface area contributed by atoms with E-state index in [0.717, 1.165) is 36.7 Å². The zero-order valence-corrected chi connectivity index (χ0v) is 12.1. The molecule has 0 saturated carbocycles. The van der Waals surface area contributed by atoms with Crippen LogP contribution in [0.25, 0.3) is 0 Å². The van der Waals surface area contributed by atoms with Gasteiger partial charge in [-0.3, -0.25) is 0 Å². The quantitative estimate of drug-likeness (QED) is 0.857. The maximum atomic E-state index is 6.30. The van der Waals surface area contributed by atoms with Crippen LogP contribution in [0.3, 0.4) is 0 Å². The zero-order valence-electron chi connectivity index (χ0n) is 12.1. The van der Waals surface area contributed by atoms with Gasteiger partial charge in [-0.05, 0) is 30.2 Å². The van der Waals surface area contributed by atoms with Crippen LogP contribution in [0.1, 0.15) is 32.4 Å².